The second-order valence-corrected chi connectivity index (χ2v) is 7.36. The highest BCUT2D eigenvalue weighted by molar-refractivity contribution is 5.84. The number of carboxylic acids is 2. The molecule has 2 amide bonds. The van der Waals surface area contributed by atoms with Crippen LogP contribution >= 0.6 is 0 Å². The molecule has 2 aromatic carbocycles. The van der Waals surface area contributed by atoms with Crippen molar-refractivity contribution in [3.05, 3.63) is 60.2 Å². The first-order valence-corrected chi connectivity index (χ1v) is 9.53. The van der Waals surface area contributed by atoms with E-state index in [1.165, 1.54) is 0 Å². The van der Waals surface area contributed by atoms with Crippen molar-refractivity contribution >= 4 is 18.0 Å². The number of rotatable bonds is 9. The van der Waals surface area contributed by atoms with Crippen molar-refractivity contribution in [1.29, 1.82) is 0 Å². The Kier molecular flexibility index (Phi) is 7.94. The minimum atomic E-state index is -1.76. The SMILES string of the molecule is CC(C)CN(CC(O)C(=O)O)C(=O)N[C@H](C(=O)O)c1ccc(-c2ccccc2)cc1. The normalized spacial score (nSPS) is 12.8. The van der Waals surface area contributed by atoms with Gasteiger partial charge in [0.1, 0.15) is 0 Å². The van der Waals surface area contributed by atoms with E-state index in [-0.39, 0.29) is 12.5 Å². The van der Waals surface area contributed by atoms with Gasteiger partial charge in [0.25, 0.3) is 0 Å². The van der Waals surface area contributed by atoms with Gasteiger partial charge in [0.05, 0.1) is 6.54 Å². The molecule has 8 nitrogen and oxygen atoms in total. The average molecular weight is 414 g/mol. The highest BCUT2D eigenvalue weighted by Gasteiger charge is 2.28. The number of aliphatic hydroxyl groups excluding tert-OH is 1. The minimum Gasteiger partial charge on any atom is -0.479 e. The average Bonchev–Trinajstić information content (AvgIpc) is 2.71. The molecule has 0 aliphatic rings. The summed E-state index contributed by atoms with van der Waals surface area (Å²) in [4.78, 5) is 36.5. The van der Waals surface area contributed by atoms with Crippen molar-refractivity contribution in [2.75, 3.05) is 13.1 Å². The smallest absolute Gasteiger partial charge is 0.334 e. The van der Waals surface area contributed by atoms with E-state index in [1.807, 2.05) is 44.2 Å². The van der Waals surface area contributed by atoms with Gasteiger partial charge in [-0.15, -0.1) is 0 Å². The van der Waals surface area contributed by atoms with E-state index in [2.05, 4.69) is 5.32 Å². The number of benzene rings is 2. The quantitative estimate of drug-likeness (QED) is 0.499. The molecule has 2 aromatic rings. The van der Waals surface area contributed by atoms with Gasteiger partial charge < -0.3 is 25.5 Å². The predicted octanol–water partition coefficient (Wildman–Crippen LogP) is 2.59. The van der Waals surface area contributed by atoms with E-state index in [1.54, 1.807) is 24.3 Å². The van der Waals surface area contributed by atoms with Crippen LogP contribution in [-0.2, 0) is 9.59 Å². The van der Waals surface area contributed by atoms with Gasteiger partial charge in [0, 0.05) is 6.54 Å². The number of aliphatic carboxylic acids is 2. The first-order chi connectivity index (χ1) is 14.2. The topological polar surface area (TPSA) is 127 Å². The third kappa shape index (κ3) is 6.31. The molecule has 0 bridgehead atoms. The summed E-state index contributed by atoms with van der Waals surface area (Å²) in [6.07, 6.45) is -1.76. The Balaban J connectivity index is 2.19. The van der Waals surface area contributed by atoms with Gasteiger partial charge in [0.2, 0.25) is 0 Å². The number of amides is 2. The first-order valence-electron chi connectivity index (χ1n) is 9.53. The monoisotopic (exact) mass is 414 g/mol. The predicted molar refractivity (Wildman–Crippen MR) is 111 cm³/mol. The Labute approximate surface area is 174 Å². The molecule has 0 aliphatic heterocycles. The molecule has 0 spiro atoms. The fraction of sp³-hybridized carbons (Fsp3) is 0.318. The number of carbonyl (C=O) groups excluding carboxylic acids is 1. The Bertz CT molecular complexity index is 867. The number of carbonyl (C=O) groups is 3. The summed E-state index contributed by atoms with van der Waals surface area (Å²) in [7, 11) is 0. The Morgan fingerprint density at radius 2 is 1.43 bits per heavy atom. The summed E-state index contributed by atoms with van der Waals surface area (Å²) in [5, 5.41) is 30.6. The second-order valence-electron chi connectivity index (χ2n) is 7.36. The van der Waals surface area contributed by atoms with Crippen LogP contribution in [0.5, 0.6) is 0 Å². The summed E-state index contributed by atoms with van der Waals surface area (Å²) in [6, 6.07) is 14.3. The molecule has 0 heterocycles. The molecule has 2 rings (SSSR count). The van der Waals surface area contributed by atoms with Crippen molar-refractivity contribution in [1.82, 2.24) is 10.2 Å². The summed E-state index contributed by atoms with van der Waals surface area (Å²) in [5.41, 5.74) is 2.25. The number of hydrogen-bond donors (Lipinski definition) is 4. The van der Waals surface area contributed by atoms with E-state index in [0.29, 0.717) is 5.56 Å². The minimum absolute atomic E-state index is 0.00909. The Morgan fingerprint density at radius 1 is 0.867 bits per heavy atom. The molecule has 1 unspecified atom stereocenters. The third-order valence-electron chi connectivity index (χ3n) is 4.42. The summed E-state index contributed by atoms with van der Waals surface area (Å²) < 4.78 is 0. The fourth-order valence-electron chi connectivity index (χ4n) is 2.97. The Morgan fingerprint density at radius 3 is 1.93 bits per heavy atom. The summed E-state index contributed by atoms with van der Waals surface area (Å²) in [6.45, 7) is 3.36. The number of hydrogen-bond acceptors (Lipinski definition) is 4. The molecular formula is C22H26N2O6. The highest BCUT2D eigenvalue weighted by atomic mass is 16.4. The van der Waals surface area contributed by atoms with Gasteiger partial charge in [-0.3, -0.25) is 0 Å². The highest BCUT2D eigenvalue weighted by Crippen LogP contribution is 2.22. The molecule has 8 heteroatoms. The largest absolute Gasteiger partial charge is 0.479 e. The molecular weight excluding hydrogens is 388 g/mol. The van der Waals surface area contributed by atoms with E-state index < -0.39 is 36.7 Å². The van der Waals surface area contributed by atoms with Crippen LogP contribution in [0.1, 0.15) is 25.5 Å². The molecule has 30 heavy (non-hydrogen) atoms. The van der Waals surface area contributed by atoms with Crippen molar-refractivity contribution in [3.8, 4) is 11.1 Å². The van der Waals surface area contributed by atoms with Crippen molar-refractivity contribution in [3.63, 3.8) is 0 Å². The Hall–Kier alpha value is -3.39. The summed E-state index contributed by atoms with van der Waals surface area (Å²) in [5.74, 6) is -2.72. The molecule has 0 aliphatic carbocycles. The lowest BCUT2D eigenvalue weighted by Gasteiger charge is -2.27. The molecule has 0 saturated carbocycles. The second kappa shape index (κ2) is 10.4. The zero-order valence-corrected chi connectivity index (χ0v) is 16.9. The number of carboxylic acid groups (broad SMARTS) is 2. The maximum atomic E-state index is 12.7. The van der Waals surface area contributed by atoms with Gasteiger partial charge in [-0.25, -0.2) is 14.4 Å². The van der Waals surface area contributed by atoms with E-state index >= 15 is 0 Å². The fourth-order valence-corrected chi connectivity index (χ4v) is 2.97. The molecule has 0 radical (unpaired) electrons. The molecule has 0 fully saturated rings. The van der Waals surface area contributed by atoms with Crippen LogP contribution < -0.4 is 5.32 Å². The number of nitrogens with zero attached hydrogens (tertiary/aromatic N) is 1. The first kappa shape index (κ1) is 22.9. The van der Waals surface area contributed by atoms with Gasteiger partial charge >= 0.3 is 18.0 Å². The zero-order chi connectivity index (χ0) is 22.3. The standard InChI is InChI=1S/C22H26N2O6/c1-14(2)12-24(13-18(25)20(26)27)22(30)23-19(21(28)29)17-10-8-16(9-11-17)15-6-4-3-5-7-15/h3-11,14,18-19,25H,12-13H2,1-2H3,(H,23,30)(H,26,27)(H,28,29)/t18?,19-/m0/s1. The van der Waals surface area contributed by atoms with E-state index in [4.69, 9.17) is 5.11 Å². The molecule has 160 valence electrons. The maximum absolute atomic E-state index is 12.7. The van der Waals surface area contributed by atoms with Crippen LogP contribution in [0.15, 0.2) is 54.6 Å². The number of nitrogens with one attached hydrogen (secondary N) is 1. The van der Waals surface area contributed by atoms with Crippen molar-refractivity contribution in [2.45, 2.75) is 26.0 Å². The number of urea groups is 1. The molecule has 4 N–H and O–H groups in total. The van der Waals surface area contributed by atoms with E-state index in [9.17, 15) is 24.6 Å². The third-order valence-corrected chi connectivity index (χ3v) is 4.42. The number of aliphatic hydroxyl groups is 1. The lowest BCUT2D eigenvalue weighted by molar-refractivity contribution is -0.147. The van der Waals surface area contributed by atoms with Crippen LogP contribution in [0.4, 0.5) is 4.79 Å². The zero-order valence-electron chi connectivity index (χ0n) is 16.9. The lowest BCUT2D eigenvalue weighted by atomic mass is 10.0. The van der Waals surface area contributed by atoms with E-state index in [0.717, 1.165) is 16.0 Å². The van der Waals surface area contributed by atoms with Crippen LogP contribution in [0, 0.1) is 5.92 Å². The summed E-state index contributed by atoms with van der Waals surface area (Å²) >= 11 is 0. The molecule has 2 atom stereocenters. The van der Waals surface area contributed by atoms with Crippen LogP contribution in [0.2, 0.25) is 0 Å². The molecule has 0 aromatic heterocycles. The van der Waals surface area contributed by atoms with Crippen LogP contribution in [0.25, 0.3) is 11.1 Å². The lowest BCUT2D eigenvalue weighted by Crippen LogP contribution is -2.49. The van der Waals surface area contributed by atoms with Crippen LogP contribution in [0.3, 0.4) is 0 Å². The maximum Gasteiger partial charge on any atom is 0.334 e. The van der Waals surface area contributed by atoms with Gasteiger partial charge in [-0.05, 0) is 22.6 Å². The van der Waals surface area contributed by atoms with Crippen LogP contribution in [-0.4, -0.2) is 57.4 Å². The van der Waals surface area contributed by atoms with Crippen molar-refractivity contribution in [2.24, 2.45) is 5.92 Å². The van der Waals surface area contributed by atoms with Gasteiger partial charge in [-0.2, -0.15) is 0 Å². The molecule has 0 saturated heterocycles. The van der Waals surface area contributed by atoms with Gasteiger partial charge in [-0.1, -0.05) is 68.4 Å². The van der Waals surface area contributed by atoms with Gasteiger partial charge in [0.15, 0.2) is 12.1 Å². The van der Waals surface area contributed by atoms with Crippen molar-refractivity contribution < 1.29 is 29.7 Å².